The van der Waals surface area contributed by atoms with Crippen molar-refractivity contribution in [1.82, 2.24) is 24.6 Å². The molecule has 4 aromatic rings. The van der Waals surface area contributed by atoms with Gasteiger partial charge in [-0.1, -0.05) is 30.3 Å². The summed E-state index contributed by atoms with van der Waals surface area (Å²) in [7, 11) is 0. The lowest BCUT2D eigenvalue weighted by atomic mass is 10.1. The van der Waals surface area contributed by atoms with Crippen LogP contribution in [0.5, 0.6) is 0 Å². The van der Waals surface area contributed by atoms with Crippen molar-refractivity contribution in [2.75, 3.05) is 5.32 Å². The largest absolute Gasteiger partial charge is 0.310 e. The van der Waals surface area contributed by atoms with Crippen molar-refractivity contribution in [3.8, 4) is 11.4 Å². The standard InChI is InChI=1S/C18H14N6O2/c25-15(9-12-5-2-1-3-6-12)20-14-10-16(26)21-18-22-17(23-24(14)18)13-7-4-8-19-11-13/h1-8,10-11H,9H2,(H,20,25)(H,21,22,23,26). The predicted octanol–water partition coefficient (Wildman–Crippen LogP) is 1.66. The number of amides is 1. The van der Waals surface area contributed by atoms with Crippen molar-refractivity contribution in [3.05, 3.63) is 76.8 Å². The molecule has 26 heavy (non-hydrogen) atoms. The van der Waals surface area contributed by atoms with Crippen LogP contribution in [0.25, 0.3) is 17.2 Å². The minimum atomic E-state index is -0.377. The highest BCUT2D eigenvalue weighted by Crippen LogP contribution is 2.15. The Labute approximate surface area is 147 Å². The molecular weight excluding hydrogens is 332 g/mol. The van der Waals surface area contributed by atoms with Crippen LogP contribution in [-0.4, -0.2) is 30.5 Å². The molecule has 3 heterocycles. The van der Waals surface area contributed by atoms with E-state index >= 15 is 0 Å². The fourth-order valence-corrected chi connectivity index (χ4v) is 2.57. The third-order valence-electron chi connectivity index (χ3n) is 3.73. The first-order valence-corrected chi connectivity index (χ1v) is 7.93. The first-order chi connectivity index (χ1) is 12.7. The van der Waals surface area contributed by atoms with Gasteiger partial charge >= 0.3 is 0 Å². The smallest absolute Gasteiger partial charge is 0.254 e. The quantitative estimate of drug-likeness (QED) is 0.585. The molecule has 8 heteroatoms. The van der Waals surface area contributed by atoms with Crippen molar-refractivity contribution in [3.63, 3.8) is 0 Å². The normalized spacial score (nSPS) is 10.8. The van der Waals surface area contributed by atoms with E-state index in [0.29, 0.717) is 11.4 Å². The highest BCUT2D eigenvalue weighted by atomic mass is 16.2. The lowest BCUT2D eigenvalue weighted by molar-refractivity contribution is -0.115. The number of fused-ring (bicyclic) bond motifs is 1. The molecule has 8 nitrogen and oxygen atoms in total. The average Bonchev–Trinajstić information content (AvgIpc) is 3.07. The van der Waals surface area contributed by atoms with Gasteiger partial charge in [0, 0.05) is 24.0 Å². The van der Waals surface area contributed by atoms with E-state index in [1.807, 2.05) is 36.4 Å². The summed E-state index contributed by atoms with van der Waals surface area (Å²) in [6, 6.07) is 14.2. The molecule has 1 amide bonds. The van der Waals surface area contributed by atoms with Gasteiger partial charge in [0.05, 0.1) is 6.42 Å². The SMILES string of the molecule is O=C(Cc1ccccc1)Nc1cc(=O)[nH]c2nc(-c3cccnc3)nn12. The Morgan fingerprint density at radius 2 is 2.00 bits per heavy atom. The van der Waals surface area contributed by atoms with Crippen molar-refractivity contribution in [2.24, 2.45) is 0 Å². The van der Waals surface area contributed by atoms with E-state index in [1.54, 1.807) is 18.5 Å². The zero-order valence-corrected chi connectivity index (χ0v) is 13.6. The van der Waals surface area contributed by atoms with Crippen LogP contribution in [0.15, 0.2) is 65.7 Å². The number of benzene rings is 1. The van der Waals surface area contributed by atoms with E-state index in [9.17, 15) is 9.59 Å². The van der Waals surface area contributed by atoms with Gasteiger partial charge in [-0.05, 0) is 17.7 Å². The van der Waals surface area contributed by atoms with Crippen LogP contribution in [-0.2, 0) is 11.2 Å². The molecule has 2 N–H and O–H groups in total. The molecule has 1 aromatic carbocycles. The zero-order chi connectivity index (χ0) is 17.9. The van der Waals surface area contributed by atoms with Crippen LogP contribution >= 0.6 is 0 Å². The molecule has 3 aromatic heterocycles. The molecule has 0 saturated heterocycles. The first-order valence-electron chi connectivity index (χ1n) is 7.93. The molecule has 0 saturated carbocycles. The molecule has 0 aliphatic carbocycles. The van der Waals surface area contributed by atoms with Gasteiger partial charge in [-0.25, -0.2) is 0 Å². The van der Waals surface area contributed by atoms with Gasteiger partial charge in [0.2, 0.25) is 11.7 Å². The Morgan fingerprint density at radius 3 is 2.77 bits per heavy atom. The monoisotopic (exact) mass is 346 g/mol. The fraction of sp³-hybridized carbons (Fsp3) is 0.0556. The maximum Gasteiger partial charge on any atom is 0.254 e. The number of nitrogens with zero attached hydrogens (tertiary/aromatic N) is 4. The number of aromatic amines is 1. The van der Waals surface area contributed by atoms with Crippen LogP contribution in [0.1, 0.15) is 5.56 Å². The summed E-state index contributed by atoms with van der Waals surface area (Å²) in [5.41, 5.74) is 1.21. The van der Waals surface area contributed by atoms with Crippen LogP contribution in [0.3, 0.4) is 0 Å². The second-order valence-electron chi connectivity index (χ2n) is 5.64. The summed E-state index contributed by atoms with van der Waals surface area (Å²) >= 11 is 0. The second-order valence-corrected chi connectivity index (χ2v) is 5.64. The topological polar surface area (TPSA) is 105 Å². The maximum atomic E-state index is 12.3. The van der Waals surface area contributed by atoms with E-state index in [-0.39, 0.29) is 29.5 Å². The molecule has 4 rings (SSSR count). The highest BCUT2D eigenvalue weighted by molar-refractivity contribution is 5.91. The van der Waals surface area contributed by atoms with Crippen molar-refractivity contribution in [2.45, 2.75) is 6.42 Å². The molecule has 0 bridgehead atoms. The summed E-state index contributed by atoms with van der Waals surface area (Å²) < 4.78 is 1.40. The first kappa shape index (κ1) is 15.7. The summed E-state index contributed by atoms with van der Waals surface area (Å²) in [5, 5.41) is 7.09. The Balaban J connectivity index is 1.67. The highest BCUT2D eigenvalue weighted by Gasteiger charge is 2.13. The summed E-state index contributed by atoms with van der Waals surface area (Å²) in [6.45, 7) is 0. The molecular formula is C18H14N6O2. The number of H-pyrrole nitrogens is 1. The average molecular weight is 346 g/mol. The fourth-order valence-electron chi connectivity index (χ4n) is 2.57. The van der Waals surface area contributed by atoms with Gasteiger partial charge in [0.1, 0.15) is 5.82 Å². The van der Waals surface area contributed by atoms with Gasteiger partial charge in [-0.15, -0.1) is 5.10 Å². The van der Waals surface area contributed by atoms with E-state index in [0.717, 1.165) is 5.56 Å². The van der Waals surface area contributed by atoms with E-state index in [2.05, 4.69) is 25.4 Å². The number of aromatic nitrogens is 5. The molecule has 128 valence electrons. The molecule has 0 aliphatic rings. The lowest BCUT2D eigenvalue weighted by Gasteiger charge is -2.06. The van der Waals surface area contributed by atoms with Crippen molar-refractivity contribution >= 4 is 17.5 Å². The van der Waals surface area contributed by atoms with Crippen molar-refractivity contribution < 1.29 is 4.79 Å². The number of carbonyl (C=O) groups is 1. The number of hydrogen-bond acceptors (Lipinski definition) is 5. The van der Waals surface area contributed by atoms with Gasteiger partial charge in [0.25, 0.3) is 5.56 Å². The third-order valence-corrected chi connectivity index (χ3v) is 3.73. The van der Waals surface area contributed by atoms with Crippen LogP contribution < -0.4 is 10.9 Å². The van der Waals surface area contributed by atoms with E-state index in [4.69, 9.17) is 0 Å². The van der Waals surface area contributed by atoms with Crippen LogP contribution in [0, 0.1) is 0 Å². The molecule has 0 fully saturated rings. The third kappa shape index (κ3) is 3.20. The Hall–Kier alpha value is -3.81. The van der Waals surface area contributed by atoms with Gasteiger partial charge < -0.3 is 5.32 Å². The Morgan fingerprint density at radius 1 is 1.15 bits per heavy atom. The molecule has 0 atom stereocenters. The number of rotatable bonds is 4. The summed E-state index contributed by atoms with van der Waals surface area (Å²) in [4.78, 5) is 35.1. The lowest BCUT2D eigenvalue weighted by Crippen LogP contribution is -2.20. The van der Waals surface area contributed by atoms with Gasteiger partial charge in [-0.2, -0.15) is 9.50 Å². The second kappa shape index (κ2) is 6.60. The van der Waals surface area contributed by atoms with Crippen LogP contribution in [0.4, 0.5) is 5.82 Å². The van der Waals surface area contributed by atoms with E-state index in [1.165, 1.54) is 10.6 Å². The zero-order valence-electron chi connectivity index (χ0n) is 13.6. The minimum absolute atomic E-state index is 0.194. The number of anilines is 1. The Bertz CT molecular complexity index is 1120. The molecule has 0 radical (unpaired) electrons. The molecule has 0 aliphatic heterocycles. The van der Waals surface area contributed by atoms with Gasteiger partial charge in [-0.3, -0.25) is 19.6 Å². The van der Waals surface area contributed by atoms with E-state index < -0.39 is 0 Å². The predicted molar refractivity (Wildman–Crippen MR) is 95.6 cm³/mol. The summed E-state index contributed by atoms with van der Waals surface area (Å²) in [5.74, 6) is 0.652. The van der Waals surface area contributed by atoms with Crippen LogP contribution in [0.2, 0.25) is 0 Å². The summed E-state index contributed by atoms with van der Waals surface area (Å²) in [6.07, 6.45) is 3.47. The van der Waals surface area contributed by atoms with Gasteiger partial charge in [0.15, 0.2) is 5.82 Å². The minimum Gasteiger partial charge on any atom is -0.310 e. The number of pyridine rings is 1. The number of hydrogen-bond donors (Lipinski definition) is 2. The maximum absolute atomic E-state index is 12.3. The number of carbonyl (C=O) groups excluding carboxylic acids is 1. The van der Waals surface area contributed by atoms with Crippen molar-refractivity contribution in [1.29, 1.82) is 0 Å². The molecule has 0 unspecified atom stereocenters. The molecule has 0 spiro atoms. The number of nitrogens with one attached hydrogen (secondary N) is 2. The Kier molecular flexibility index (Phi) is 3.98.